The Morgan fingerprint density at radius 2 is 2.20 bits per heavy atom. The largest absolute Gasteiger partial charge is 0.478 e. The van der Waals surface area contributed by atoms with Gasteiger partial charge in [-0.15, -0.1) is 0 Å². The van der Waals surface area contributed by atoms with Gasteiger partial charge in [-0.2, -0.15) is 4.37 Å². The number of carbonyl (C=O) groups is 1. The van der Waals surface area contributed by atoms with E-state index in [1.165, 1.54) is 11.5 Å². The molecule has 2 aromatic rings. The van der Waals surface area contributed by atoms with E-state index in [1.807, 2.05) is 17.5 Å². The normalized spacial score (nSPS) is 10.2. The van der Waals surface area contributed by atoms with E-state index in [1.54, 1.807) is 19.1 Å². The number of aromatic carboxylic acids is 1. The molecule has 2 rings (SSSR count). The quantitative estimate of drug-likeness (QED) is 0.844. The predicted octanol–water partition coefficient (Wildman–Crippen LogP) is 2.82. The van der Waals surface area contributed by atoms with Gasteiger partial charge in [0.25, 0.3) is 0 Å². The van der Waals surface area contributed by atoms with Crippen molar-refractivity contribution >= 4 is 17.5 Å². The van der Waals surface area contributed by atoms with Crippen LogP contribution in [0.4, 0.5) is 0 Å². The number of rotatable bonds is 2. The molecule has 0 radical (unpaired) electrons. The summed E-state index contributed by atoms with van der Waals surface area (Å²) in [5.41, 5.74) is 2.50. The number of nitrogens with zero attached hydrogens (tertiary/aromatic N) is 1. The average Bonchev–Trinajstić information content (AvgIpc) is 2.69. The van der Waals surface area contributed by atoms with E-state index in [4.69, 9.17) is 5.11 Å². The number of carboxylic acids is 1. The molecule has 0 aliphatic carbocycles. The Morgan fingerprint density at radius 1 is 1.40 bits per heavy atom. The van der Waals surface area contributed by atoms with Gasteiger partial charge >= 0.3 is 5.97 Å². The summed E-state index contributed by atoms with van der Waals surface area (Å²) >= 11 is 1.32. The molecule has 3 nitrogen and oxygen atoms in total. The molecule has 1 heterocycles. The Balaban J connectivity index is 2.66. The van der Waals surface area contributed by atoms with Crippen molar-refractivity contribution in [1.82, 2.24) is 4.37 Å². The minimum absolute atomic E-state index is 0.336. The Morgan fingerprint density at radius 3 is 2.80 bits per heavy atom. The molecule has 0 saturated heterocycles. The standard InChI is InChI=1S/C11H9NO2S/c1-7-3-2-4-8(10(7)11(13)14)9-5-6-15-12-9/h2-6H,1H3,(H,13,14). The van der Waals surface area contributed by atoms with Gasteiger partial charge in [0.05, 0.1) is 11.3 Å². The highest BCUT2D eigenvalue weighted by Crippen LogP contribution is 2.25. The van der Waals surface area contributed by atoms with E-state index < -0.39 is 5.97 Å². The Labute approximate surface area is 91.2 Å². The van der Waals surface area contributed by atoms with E-state index in [2.05, 4.69) is 4.37 Å². The summed E-state index contributed by atoms with van der Waals surface area (Å²) in [7, 11) is 0. The van der Waals surface area contributed by atoms with Gasteiger partial charge in [0, 0.05) is 10.9 Å². The van der Waals surface area contributed by atoms with Crippen LogP contribution < -0.4 is 0 Å². The van der Waals surface area contributed by atoms with Gasteiger partial charge in [-0.1, -0.05) is 18.2 Å². The summed E-state index contributed by atoms with van der Waals surface area (Å²) in [6.45, 7) is 1.79. The third-order valence-electron chi connectivity index (χ3n) is 2.20. The van der Waals surface area contributed by atoms with Crippen molar-refractivity contribution in [2.45, 2.75) is 6.92 Å². The highest BCUT2D eigenvalue weighted by Gasteiger charge is 2.14. The molecule has 0 atom stereocenters. The van der Waals surface area contributed by atoms with E-state index in [0.29, 0.717) is 11.1 Å². The molecule has 0 spiro atoms. The zero-order valence-electron chi connectivity index (χ0n) is 8.10. The van der Waals surface area contributed by atoms with Crippen molar-refractivity contribution in [1.29, 1.82) is 0 Å². The third-order valence-corrected chi connectivity index (χ3v) is 2.76. The van der Waals surface area contributed by atoms with Crippen molar-refractivity contribution in [3.8, 4) is 11.3 Å². The molecule has 0 bridgehead atoms. The van der Waals surface area contributed by atoms with Gasteiger partial charge in [-0.3, -0.25) is 0 Å². The van der Waals surface area contributed by atoms with Gasteiger partial charge < -0.3 is 5.11 Å². The minimum Gasteiger partial charge on any atom is -0.478 e. The van der Waals surface area contributed by atoms with Crippen LogP contribution in [0.25, 0.3) is 11.3 Å². The van der Waals surface area contributed by atoms with Crippen molar-refractivity contribution < 1.29 is 9.90 Å². The average molecular weight is 219 g/mol. The lowest BCUT2D eigenvalue weighted by atomic mass is 10.00. The molecule has 0 unspecified atom stereocenters. The molecular formula is C11H9NO2S. The summed E-state index contributed by atoms with van der Waals surface area (Å²) < 4.78 is 4.15. The van der Waals surface area contributed by atoms with Crippen LogP contribution >= 0.6 is 11.5 Å². The molecule has 1 aromatic heterocycles. The number of aromatic nitrogens is 1. The van der Waals surface area contributed by atoms with Crippen LogP contribution in [0.1, 0.15) is 15.9 Å². The monoisotopic (exact) mass is 219 g/mol. The van der Waals surface area contributed by atoms with Crippen LogP contribution in [-0.2, 0) is 0 Å². The number of aryl methyl sites for hydroxylation is 1. The molecule has 0 amide bonds. The lowest BCUT2D eigenvalue weighted by Gasteiger charge is -2.05. The highest BCUT2D eigenvalue weighted by atomic mass is 32.1. The highest BCUT2D eigenvalue weighted by molar-refractivity contribution is 7.03. The second kappa shape index (κ2) is 3.82. The molecule has 0 saturated carbocycles. The first kappa shape index (κ1) is 9.86. The summed E-state index contributed by atoms with van der Waals surface area (Å²) in [5, 5.41) is 11.0. The number of benzene rings is 1. The van der Waals surface area contributed by atoms with Crippen LogP contribution in [0.5, 0.6) is 0 Å². The molecule has 0 aliphatic heterocycles. The minimum atomic E-state index is -0.906. The van der Waals surface area contributed by atoms with Gasteiger partial charge in [-0.05, 0) is 30.1 Å². The van der Waals surface area contributed by atoms with Crippen LogP contribution in [-0.4, -0.2) is 15.4 Å². The summed E-state index contributed by atoms with van der Waals surface area (Å²) in [6.07, 6.45) is 0. The number of hydrogen-bond acceptors (Lipinski definition) is 3. The lowest BCUT2D eigenvalue weighted by molar-refractivity contribution is 0.0697. The van der Waals surface area contributed by atoms with Gasteiger partial charge in [0.2, 0.25) is 0 Å². The van der Waals surface area contributed by atoms with Gasteiger partial charge in [0.15, 0.2) is 0 Å². The zero-order valence-corrected chi connectivity index (χ0v) is 8.91. The van der Waals surface area contributed by atoms with E-state index >= 15 is 0 Å². The van der Waals surface area contributed by atoms with Crippen molar-refractivity contribution in [3.63, 3.8) is 0 Å². The van der Waals surface area contributed by atoms with Crippen molar-refractivity contribution in [3.05, 3.63) is 40.8 Å². The summed E-state index contributed by atoms with van der Waals surface area (Å²) in [6, 6.07) is 7.24. The second-order valence-corrected chi connectivity index (χ2v) is 3.85. The summed E-state index contributed by atoms with van der Waals surface area (Å²) in [5.74, 6) is -0.906. The maximum absolute atomic E-state index is 11.1. The van der Waals surface area contributed by atoms with E-state index in [0.717, 1.165) is 11.3 Å². The second-order valence-electron chi connectivity index (χ2n) is 3.19. The number of hydrogen-bond donors (Lipinski definition) is 1. The van der Waals surface area contributed by atoms with Gasteiger partial charge in [-0.25, -0.2) is 4.79 Å². The Bertz CT molecular complexity index is 491. The molecular weight excluding hydrogens is 210 g/mol. The first-order valence-electron chi connectivity index (χ1n) is 4.44. The van der Waals surface area contributed by atoms with E-state index in [9.17, 15) is 4.79 Å². The first-order chi connectivity index (χ1) is 7.20. The Kier molecular flexibility index (Phi) is 2.51. The van der Waals surface area contributed by atoms with Crippen LogP contribution in [0, 0.1) is 6.92 Å². The van der Waals surface area contributed by atoms with Crippen LogP contribution in [0.2, 0.25) is 0 Å². The summed E-state index contributed by atoms with van der Waals surface area (Å²) in [4.78, 5) is 11.1. The fourth-order valence-electron chi connectivity index (χ4n) is 1.52. The molecule has 4 heteroatoms. The molecule has 0 fully saturated rings. The molecule has 1 N–H and O–H groups in total. The third kappa shape index (κ3) is 1.76. The Hall–Kier alpha value is -1.68. The predicted molar refractivity (Wildman–Crippen MR) is 59.2 cm³/mol. The van der Waals surface area contributed by atoms with Crippen molar-refractivity contribution in [2.24, 2.45) is 0 Å². The van der Waals surface area contributed by atoms with Gasteiger partial charge in [0.1, 0.15) is 0 Å². The molecule has 76 valence electrons. The fourth-order valence-corrected chi connectivity index (χ4v) is 2.04. The van der Waals surface area contributed by atoms with Crippen LogP contribution in [0.3, 0.4) is 0 Å². The smallest absolute Gasteiger partial charge is 0.336 e. The van der Waals surface area contributed by atoms with Crippen molar-refractivity contribution in [2.75, 3.05) is 0 Å². The maximum Gasteiger partial charge on any atom is 0.336 e. The molecule has 1 aromatic carbocycles. The maximum atomic E-state index is 11.1. The zero-order chi connectivity index (χ0) is 10.8. The lowest BCUT2D eigenvalue weighted by Crippen LogP contribution is -2.02. The SMILES string of the molecule is Cc1cccc(-c2ccsn2)c1C(=O)O. The molecule has 0 aliphatic rings. The molecule has 15 heavy (non-hydrogen) atoms. The van der Waals surface area contributed by atoms with Crippen LogP contribution in [0.15, 0.2) is 29.6 Å². The van der Waals surface area contributed by atoms with E-state index in [-0.39, 0.29) is 0 Å². The number of carboxylic acid groups (broad SMARTS) is 1. The fraction of sp³-hybridized carbons (Fsp3) is 0.0909. The topological polar surface area (TPSA) is 50.2 Å². The first-order valence-corrected chi connectivity index (χ1v) is 5.27.